The number of hydrogen-bond donors (Lipinski definition) is 1. The van der Waals surface area contributed by atoms with Gasteiger partial charge in [-0.15, -0.1) is 0 Å². The van der Waals surface area contributed by atoms with Gasteiger partial charge >= 0.3 is 0 Å². The molecule has 0 radical (unpaired) electrons. The van der Waals surface area contributed by atoms with Crippen LogP contribution in [0.4, 0.5) is 0 Å². The van der Waals surface area contributed by atoms with Crippen LogP contribution in [0.15, 0.2) is 12.4 Å². The number of aliphatic hydroxyl groups is 1. The zero-order valence-corrected chi connectivity index (χ0v) is 8.97. The first-order valence-corrected chi connectivity index (χ1v) is 4.83. The molecule has 0 aliphatic carbocycles. The van der Waals surface area contributed by atoms with Gasteiger partial charge in [-0.05, 0) is 19.8 Å². The van der Waals surface area contributed by atoms with E-state index in [4.69, 9.17) is 4.74 Å². The molecule has 4 nitrogen and oxygen atoms in total. The van der Waals surface area contributed by atoms with Gasteiger partial charge in [0.2, 0.25) is 0 Å². The minimum atomic E-state index is -0.493. The summed E-state index contributed by atoms with van der Waals surface area (Å²) < 4.78 is 6.95. The van der Waals surface area contributed by atoms with E-state index in [0.717, 1.165) is 6.42 Å². The Kier molecular flexibility index (Phi) is 4.10. The molecule has 80 valence electrons. The Labute approximate surface area is 84.5 Å². The van der Waals surface area contributed by atoms with Crippen molar-refractivity contribution in [2.45, 2.75) is 32.0 Å². The summed E-state index contributed by atoms with van der Waals surface area (Å²) >= 11 is 0. The standard InChI is InChI=1S/C10H18N2O2/c1-8(14-3)4-5-9(13)10-11-6-7-12(10)2/h6-9,13H,4-5H2,1-3H3. The number of aryl methyl sites for hydroxylation is 1. The SMILES string of the molecule is COC(C)CCC(O)c1nccn1C. The molecule has 1 N–H and O–H groups in total. The van der Waals surface area contributed by atoms with Crippen molar-refractivity contribution >= 4 is 0 Å². The maximum atomic E-state index is 9.80. The number of ether oxygens (including phenoxy) is 1. The molecule has 1 heterocycles. The van der Waals surface area contributed by atoms with Gasteiger partial charge in [-0.25, -0.2) is 4.98 Å². The normalized spacial score (nSPS) is 15.4. The van der Waals surface area contributed by atoms with Crippen LogP contribution in [0.3, 0.4) is 0 Å². The Morgan fingerprint density at radius 1 is 1.57 bits per heavy atom. The molecule has 0 amide bonds. The van der Waals surface area contributed by atoms with Gasteiger partial charge in [0, 0.05) is 26.6 Å². The molecule has 0 spiro atoms. The molecule has 1 rings (SSSR count). The van der Waals surface area contributed by atoms with E-state index in [9.17, 15) is 5.11 Å². The zero-order chi connectivity index (χ0) is 10.6. The molecule has 0 saturated heterocycles. The monoisotopic (exact) mass is 198 g/mol. The van der Waals surface area contributed by atoms with Gasteiger partial charge < -0.3 is 14.4 Å². The highest BCUT2D eigenvalue weighted by Gasteiger charge is 2.13. The molecular formula is C10H18N2O2. The third-order valence-electron chi connectivity index (χ3n) is 2.41. The number of methoxy groups -OCH3 is 1. The third-order valence-corrected chi connectivity index (χ3v) is 2.41. The van der Waals surface area contributed by atoms with Gasteiger partial charge in [-0.2, -0.15) is 0 Å². The Bertz CT molecular complexity index is 273. The predicted molar refractivity (Wildman–Crippen MR) is 53.9 cm³/mol. The molecule has 1 aromatic rings. The minimum Gasteiger partial charge on any atom is -0.385 e. The first kappa shape index (κ1) is 11.2. The lowest BCUT2D eigenvalue weighted by molar-refractivity contribution is 0.0818. The number of hydrogen-bond acceptors (Lipinski definition) is 3. The molecule has 0 saturated carbocycles. The van der Waals surface area contributed by atoms with Crippen LogP contribution in [0.5, 0.6) is 0 Å². The fraction of sp³-hybridized carbons (Fsp3) is 0.700. The number of imidazole rings is 1. The summed E-state index contributed by atoms with van der Waals surface area (Å²) in [6.07, 6.45) is 4.73. The summed E-state index contributed by atoms with van der Waals surface area (Å²) in [6.45, 7) is 1.99. The summed E-state index contributed by atoms with van der Waals surface area (Å²) in [4.78, 5) is 4.09. The summed E-state index contributed by atoms with van der Waals surface area (Å²) in [7, 11) is 3.56. The average molecular weight is 198 g/mol. The van der Waals surface area contributed by atoms with Crippen molar-refractivity contribution in [2.75, 3.05) is 7.11 Å². The van der Waals surface area contributed by atoms with E-state index in [2.05, 4.69) is 4.98 Å². The maximum absolute atomic E-state index is 9.80. The van der Waals surface area contributed by atoms with Crippen molar-refractivity contribution in [3.63, 3.8) is 0 Å². The zero-order valence-electron chi connectivity index (χ0n) is 8.97. The van der Waals surface area contributed by atoms with Crippen LogP contribution in [0.25, 0.3) is 0 Å². The highest BCUT2D eigenvalue weighted by Crippen LogP contribution is 2.17. The number of aromatic nitrogens is 2. The first-order chi connectivity index (χ1) is 6.65. The lowest BCUT2D eigenvalue weighted by atomic mass is 10.1. The Hall–Kier alpha value is -0.870. The summed E-state index contributed by atoms with van der Waals surface area (Å²) in [6, 6.07) is 0. The van der Waals surface area contributed by atoms with Gasteiger partial charge in [0.25, 0.3) is 0 Å². The summed E-state index contributed by atoms with van der Waals surface area (Å²) in [5, 5.41) is 9.80. The van der Waals surface area contributed by atoms with Crippen LogP contribution in [0.2, 0.25) is 0 Å². The number of aliphatic hydroxyl groups excluding tert-OH is 1. The smallest absolute Gasteiger partial charge is 0.137 e. The van der Waals surface area contributed by atoms with Crippen LogP contribution < -0.4 is 0 Å². The Balaban J connectivity index is 2.43. The Morgan fingerprint density at radius 2 is 2.29 bits per heavy atom. The van der Waals surface area contributed by atoms with Gasteiger partial charge in [0.15, 0.2) is 0 Å². The van der Waals surface area contributed by atoms with E-state index in [-0.39, 0.29) is 6.10 Å². The van der Waals surface area contributed by atoms with E-state index in [1.54, 1.807) is 13.3 Å². The average Bonchev–Trinajstić information content (AvgIpc) is 2.60. The Morgan fingerprint density at radius 3 is 2.79 bits per heavy atom. The minimum absolute atomic E-state index is 0.185. The van der Waals surface area contributed by atoms with Crippen LogP contribution in [-0.2, 0) is 11.8 Å². The molecule has 2 unspecified atom stereocenters. The van der Waals surface area contributed by atoms with Crippen molar-refractivity contribution in [3.05, 3.63) is 18.2 Å². The quantitative estimate of drug-likeness (QED) is 0.775. The summed E-state index contributed by atoms with van der Waals surface area (Å²) in [5.74, 6) is 0.716. The van der Waals surface area contributed by atoms with Crippen LogP contribution in [0, 0.1) is 0 Å². The molecule has 0 fully saturated rings. The molecule has 0 aliphatic heterocycles. The van der Waals surface area contributed by atoms with Crippen molar-refractivity contribution in [3.8, 4) is 0 Å². The lowest BCUT2D eigenvalue weighted by Gasteiger charge is -2.13. The molecule has 4 heteroatoms. The molecule has 0 aromatic carbocycles. The highest BCUT2D eigenvalue weighted by molar-refractivity contribution is 4.95. The van der Waals surface area contributed by atoms with E-state index >= 15 is 0 Å². The second kappa shape index (κ2) is 5.12. The van der Waals surface area contributed by atoms with Crippen molar-refractivity contribution in [1.29, 1.82) is 0 Å². The van der Waals surface area contributed by atoms with Crippen molar-refractivity contribution in [1.82, 2.24) is 9.55 Å². The van der Waals surface area contributed by atoms with Gasteiger partial charge in [-0.1, -0.05) is 0 Å². The number of rotatable bonds is 5. The second-order valence-electron chi connectivity index (χ2n) is 3.54. The molecule has 0 bridgehead atoms. The van der Waals surface area contributed by atoms with Gasteiger partial charge in [-0.3, -0.25) is 0 Å². The topological polar surface area (TPSA) is 47.3 Å². The van der Waals surface area contributed by atoms with Gasteiger partial charge in [0.05, 0.1) is 6.10 Å². The molecule has 0 aliphatic rings. The third kappa shape index (κ3) is 2.82. The maximum Gasteiger partial charge on any atom is 0.137 e. The van der Waals surface area contributed by atoms with E-state index in [0.29, 0.717) is 12.2 Å². The highest BCUT2D eigenvalue weighted by atomic mass is 16.5. The van der Waals surface area contributed by atoms with Gasteiger partial charge in [0.1, 0.15) is 11.9 Å². The lowest BCUT2D eigenvalue weighted by Crippen LogP contribution is -2.10. The number of nitrogens with zero attached hydrogens (tertiary/aromatic N) is 2. The van der Waals surface area contributed by atoms with Crippen LogP contribution in [0.1, 0.15) is 31.7 Å². The molecule has 2 atom stereocenters. The van der Waals surface area contributed by atoms with Crippen LogP contribution >= 0.6 is 0 Å². The second-order valence-corrected chi connectivity index (χ2v) is 3.54. The van der Waals surface area contributed by atoms with Crippen LogP contribution in [-0.4, -0.2) is 27.9 Å². The fourth-order valence-electron chi connectivity index (χ4n) is 1.34. The van der Waals surface area contributed by atoms with E-state index < -0.39 is 6.10 Å². The molecule has 14 heavy (non-hydrogen) atoms. The predicted octanol–water partition coefficient (Wildman–Crippen LogP) is 1.27. The first-order valence-electron chi connectivity index (χ1n) is 4.83. The van der Waals surface area contributed by atoms with Crippen molar-refractivity contribution < 1.29 is 9.84 Å². The molecule has 1 aromatic heterocycles. The summed E-state index contributed by atoms with van der Waals surface area (Å²) in [5.41, 5.74) is 0. The van der Waals surface area contributed by atoms with E-state index in [1.807, 2.05) is 24.7 Å². The van der Waals surface area contributed by atoms with E-state index in [1.165, 1.54) is 0 Å². The van der Waals surface area contributed by atoms with Crippen molar-refractivity contribution in [2.24, 2.45) is 7.05 Å². The largest absolute Gasteiger partial charge is 0.385 e. The fourth-order valence-corrected chi connectivity index (χ4v) is 1.34. The molecular weight excluding hydrogens is 180 g/mol.